The third kappa shape index (κ3) is 4.55. The van der Waals surface area contributed by atoms with Gasteiger partial charge in [-0.2, -0.15) is 0 Å². The molecule has 8 heteroatoms. The number of nitrogens with one attached hydrogen (secondary N) is 1. The second-order valence-corrected chi connectivity index (χ2v) is 8.35. The highest BCUT2D eigenvalue weighted by atomic mass is 32.2. The molecule has 1 fully saturated rings. The number of ether oxygens (including phenoxy) is 1. The largest absolute Gasteiger partial charge is 0.497 e. The van der Waals surface area contributed by atoms with E-state index in [0.29, 0.717) is 16.9 Å². The zero-order chi connectivity index (χ0) is 19.4. The fourth-order valence-corrected chi connectivity index (χ4v) is 4.12. The molecule has 1 aliphatic carbocycles. The number of nitrogens with zero attached hydrogens (tertiary/aromatic N) is 3. The van der Waals surface area contributed by atoms with Crippen LogP contribution in [0.2, 0.25) is 0 Å². The Kier molecular flexibility index (Phi) is 6.26. The lowest BCUT2D eigenvalue weighted by Gasteiger charge is -2.30. The molecule has 0 aliphatic heterocycles. The van der Waals surface area contributed by atoms with E-state index in [-0.39, 0.29) is 17.2 Å². The number of aromatic nitrogens is 3. The normalized spacial score (nSPS) is 20.9. The molecule has 1 aromatic carbocycles. The number of nitrogen functional groups attached to an aromatic ring is 1. The van der Waals surface area contributed by atoms with Crippen molar-refractivity contribution in [3.8, 4) is 17.1 Å². The van der Waals surface area contributed by atoms with Crippen LogP contribution in [0.1, 0.15) is 39.5 Å². The number of rotatable bonds is 6. The third-order valence-corrected chi connectivity index (χ3v) is 6.16. The van der Waals surface area contributed by atoms with Gasteiger partial charge in [0.2, 0.25) is 11.1 Å². The van der Waals surface area contributed by atoms with Crippen molar-refractivity contribution in [3.05, 3.63) is 24.3 Å². The van der Waals surface area contributed by atoms with E-state index in [1.54, 1.807) is 7.11 Å². The van der Waals surface area contributed by atoms with Crippen LogP contribution in [0.15, 0.2) is 29.4 Å². The molecule has 1 aliphatic rings. The Hall–Kier alpha value is -2.22. The molecular weight excluding hydrogens is 362 g/mol. The standard InChI is InChI=1S/C19H27N5O2S/c1-12-6-4-5-7-16(12)21-18(25)13(2)27-19-23-22-17(24(19)20)14-8-10-15(26-3)11-9-14/h8-13,16H,4-7,20H2,1-3H3,(H,21,25)/t12-,13+,16+/m0/s1. The van der Waals surface area contributed by atoms with E-state index in [1.165, 1.54) is 35.7 Å². The SMILES string of the molecule is COc1ccc(-c2nnc(S[C@H](C)C(=O)N[C@@H]3CCCC[C@@H]3C)n2N)cc1. The number of hydrogen-bond acceptors (Lipinski definition) is 6. The lowest BCUT2D eigenvalue weighted by molar-refractivity contribution is -0.121. The Morgan fingerprint density at radius 2 is 2.00 bits per heavy atom. The zero-order valence-corrected chi connectivity index (χ0v) is 16.8. The van der Waals surface area contributed by atoms with Gasteiger partial charge >= 0.3 is 0 Å². The molecule has 27 heavy (non-hydrogen) atoms. The van der Waals surface area contributed by atoms with E-state index < -0.39 is 0 Å². The highest BCUT2D eigenvalue weighted by Crippen LogP contribution is 2.27. The predicted octanol–water partition coefficient (Wildman–Crippen LogP) is 2.84. The van der Waals surface area contributed by atoms with Gasteiger partial charge in [-0.1, -0.05) is 31.5 Å². The Bertz CT molecular complexity index is 777. The van der Waals surface area contributed by atoms with Crippen molar-refractivity contribution in [2.24, 2.45) is 5.92 Å². The summed E-state index contributed by atoms with van der Waals surface area (Å²) in [5, 5.41) is 11.7. The highest BCUT2D eigenvalue weighted by Gasteiger charge is 2.26. The van der Waals surface area contributed by atoms with Crippen LogP contribution in [-0.2, 0) is 4.79 Å². The van der Waals surface area contributed by atoms with Crippen LogP contribution < -0.4 is 15.9 Å². The summed E-state index contributed by atoms with van der Waals surface area (Å²) in [5.74, 6) is 8.03. The number of methoxy groups -OCH3 is 1. The smallest absolute Gasteiger partial charge is 0.233 e. The molecule has 2 aromatic rings. The first-order chi connectivity index (χ1) is 13.0. The summed E-state index contributed by atoms with van der Waals surface area (Å²) in [5.41, 5.74) is 0.839. The van der Waals surface area contributed by atoms with Gasteiger partial charge in [0.05, 0.1) is 12.4 Å². The lowest BCUT2D eigenvalue weighted by atomic mass is 9.86. The number of amides is 1. The summed E-state index contributed by atoms with van der Waals surface area (Å²) in [6.07, 6.45) is 4.66. The van der Waals surface area contributed by atoms with E-state index in [4.69, 9.17) is 10.6 Å². The van der Waals surface area contributed by atoms with Crippen LogP contribution in [-0.4, -0.2) is 39.2 Å². The minimum absolute atomic E-state index is 0.0211. The average Bonchev–Trinajstić information content (AvgIpc) is 3.04. The van der Waals surface area contributed by atoms with Crippen molar-refractivity contribution in [1.82, 2.24) is 20.2 Å². The molecule has 146 valence electrons. The molecule has 0 radical (unpaired) electrons. The maximum atomic E-state index is 12.6. The number of carbonyl (C=O) groups is 1. The molecule has 3 rings (SSSR count). The van der Waals surface area contributed by atoms with E-state index >= 15 is 0 Å². The highest BCUT2D eigenvalue weighted by molar-refractivity contribution is 8.00. The molecule has 7 nitrogen and oxygen atoms in total. The van der Waals surface area contributed by atoms with Gasteiger partial charge in [-0.25, -0.2) is 4.68 Å². The summed E-state index contributed by atoms with van der Waals surface area (Å²) in [4.78, 5) is 12.6. The Morgan fingerprint density at radius 3 is 2.67 bits per heavy atom. The van der Waals surface area contributed by atoms with Crippen LogP contribution in [0.4, 0.5) is 0 Å². The monoisotopic (exact) mass is 389 g/mol. The number of thioether (sulfide) groups is 1. The van der Waals surface area contributed by atoms with Crippen LogP contribution in [0.5, 0.6) is 5.75 Å². The van der Waals surface area contributed by atoms with Gasteiger partial charge in [0.1, 0.15) is 5.75 Å². The maximum absolute atomic E-state index is 12.6. The quantitative estimate of drug-likeness (QED) is 0.583. The first-order valence-corrected chi connectivity index (χ1v) is 10.2. The number of hydrogen-bond donors (Lipinski definition) is 2. The summed E-state index contributed by atoms with van der Waals surface area (Å²) in [6, 6.07) is 7.71. The molecule has 0 spiro atoms. The van der Waals surface area contributed by atoms with Crippen LogP contribution in [0, 0.1) is 5.92 Å². The van der Waals surface area contributed by atoms with Crippen molar-refractivity contribution in [2.45, 2.75) is 56.0 Å². The summed E-state index contributed by atoms with van der Waals surface area (Å²) >= 11 is 1.32. The van der Waals surface area contributed by atoms with Crippen molar-refractivity contribution in [1.29, 1.82) is 0 Å². The van der Waals surface area contributed by atoms with Crippen molar-refractivity contribution >= 4 is 17.7 Å². The predicted molar refractivity (Wildman–Crippen MR) is 107 cm³/mol. The molecule has 1 aromatic heterocycles. The number of carbonyl (C=O) groups excluding carboxylic acids is 1. The summed E-state index contributed by atoms with van der Waals surface area (Å²) in [7, 11) is 1.62. The Balaban J connectivity index is 1.64. The van der Waals surface area contributed by atoms with Crippen LogP contribution in [0.25, 0.3) is 11.4 Å². The second-order valence-electron chi connectivity index (χ2n) is 7.04. The minimum Gasteiger partial charge on any atom is -0.497 e. The molecule has 3 N–H and O–H groups in total. The molecule has 1 saturated carbocycles. The molecular formula is C19H27N5O2S. The fraction of sp³-hybridized carbons (Fsp3) is 0.526. The third-order valence-electron chi connectivity index (χ3n) is 5.10. The zero-order valence-electron chi connectivity index (χ0n) is 16.0. The fourth-order valence-electron chi connectivity index (χ4n) is 3.34. The molecule has 0 saturated heterocycles. The topological polar surface area (TPSA) is 95.1 Å². The number of nitrogens with two attached hydrogens (primary N) is 1. The summed E-state index contributed by atoms with van der Waals surface area (Å²) < 4.78 is 6.60. The molecule has 0 bridgehead atoms. The Morgan fingerprint density at radius 1 is 1.30 bits per heavy atom. The Labute approximate surface area is 164 Å². The summed E-state index contributed by atoms with van der Waals surface area (Å²) in [6.45, 7) is 4.08. The first-order valence-electron chi connectivity index (χ1n) is 9.31. The van der Waals surface area contributed by atoms with Gasteiger partial charge in [-0.15, -0.1) is 10.2 Å². The van der Waals surface area contributed by atoms with E-state index in [9.17, 15) is 4.79 Å². The maximum Gasteiger partial charge on any atom is 0.233 e. The van der Waals surface area contributed by atoms with Crippen molar-refractivity contribution in [2.75, 3.05) is 13.0 Å². The molecule has 1 amide bonds. The van der Waals surface area contributed by atoms with E-state index in [2.05, 4.69) is 22.4 Å². The van der Waals surface area contributed by atoms with Crippen LogP contribution in [0.3, 0.4) is 0 Å². The van der Waals surface area contributed by atoms with Gasteiger partial charge in [0.25, 0.3) is 0 Å². The minimum atomic E-state index is -0.297. The van der Waals surface area contributed by atoms with Crippen LogP contribution >= 0.6 is 11.8 Å². The van der Waals surface area contributed by atoms with Gasteiger partial charge in [0, 0.05) is 11.6 Å². The van der Waals surface area contributed by atoms with Gasteiger partial charge in [-0.3, -0.25) is 4.79 Å². The van der Waals surface area contributed by atoms with Crippen molar-refractivity contribution in [3.63, 3.8) is 0 Å². The van der Waals surface area contributed by atoms with Gasteiger partial charge < -0.3 is 15.9 Å². The van der Waals surface area contributed by atoms with Crippen molar-refractivity contribution < 1.29 is 9.53 Å². The average molecular weight is 390 g/mol. The second kappa shape index (κ2) is 8.65. The first kappa shape index (κ1) is 19.5. The van der Waals surface area contributed by atoms with E-state index in [1.807, 2.05) is 31.2 Å². The molecule has 1 heterocycles. The molecule has 0 unspecified atom stereocenters. The molecule has 3 atom stereocenters. The number of benzene rings is 1. The lowest BCUT2D eigenvalue weighted by Crippen LogP contribution is -2.44. The van der Waals surface area contributed by atoms with E-state index in [0.717, 1.165) is 17.7 Å². The van der Waals surface area contributed by atoms with Gasteiger partial charge in [-0.05, 0) is 49.9 Å². The van der Waals surface area contributed by atoms with Gasteiger partial charge in [0.15, 0.2) is 5.82 Å².